The molecule has 3 N–H and O–H groups in total. The smallest absolute Gasteiger partial charge is 0.412 e. The molecule has 9 heteroatoms. The summed E-state index contributed by atoms with van der Waals surface area (Å²) in [5, 5.41) is 21.0. The Hall–Kier alpha value is -3.20. The second-order valence-electron chi connectivity index (χ2n) is 6.42. The van der Waals surface area contributed by atoms with Crippen molar-refractivity contribution >= 4 is 17.7 Å². The molecule has 1 aliphatic rings. The van der Waals surface area contributed by atoms with Crippen molar-refractivity contribution < 1.29 is 28.9 Å². The summed E-state index contributed by atoms with van der Waals surface area (Å²) in [6, 6.07) is 6.92. The van der Waals surface area contributed by atoms with E-state index in [-0.39, 0.29) is 49.3 Å². The van der Waals surface area contributed by atoms with E-state index in [4.69, 9.17) is 9.84 Å². The number of anilines is 1. The monoisotopic (exact) mass is 389 g/mol. The lowest BCUT2D eigenvalue weighted by molar-refractivity contribution is 0.0937. The van der Waals surface area contributed by atoms with Crippen molar-refractivity contribution in [2.75, 3.05) is 24.7 Å². The van der Waals surface area contributed by atoms with Gasteiger partial charge in [0, 0.05) is 6.54 Å². The van der Waals surface area contributed by atoms with Crippen LogP contribution in [-0.2, 0) is 6.42 Å². The first-order valence-corrected chi connectivity index (χ1v) is 8.73. The van der Waals surface area contributed by atoms with Gasteiger partial charge < -0.3 is 20.3 Å². The van der Waals surface area contributed by atoms with Gasteiger partial charge in [-0.1, -0.05) is 12.1 Å². The fraction of sp³-hybridized carbons (Fsp3) is 0.316. The van der Waals surface area contributed by atoms with Crippen molar-refractivity contribution in [3.05, 3.63) is 53.0 Å². The molecular formula is C19H20FN3O5. The van der Waals surface area contributed by atoms with Gasteiger partial charge >= 0.3 is 6.09 Å². The van der Waals surface area contributed by atoms with E-state index in [0.717, 1.165) is 10.5 Å². The summed E-state index contributed by atoms with van der Waals surface area (Å²) in [6.45, 7) is 1.64. The van der Waals surface area contributed by atoms with Crippen molar-refractivity contribution in [1.82, 2.24) is 10.3 Å². The van der Waals surface area contributed by atoms with Crippen LogP contribution in [0.3, 0.4) is 0 Å². The molecule has 0 fully saturated rings. The summed E-state index contributed by atoms with van der Waals surface area (Å²) in [7, 11) is 0. The Balaban J connectivity index is 2.06. The topological polar surface area (TPSA) is 112 Å². The van der Waals surface area contributed by atoms with Gasteiger partial charge in [0.25, 0.3) is 5.91 Å². The number of halogens is 1. The highest BCUT2D eigenvalue weighted by molar-refractivity contribution is 5.96. The Labute approximate surface area is 160 Å². The zero-order valence-electron chi connectivity index (χ0n) is 15.2. The molecule has 1 aliphatic heterocycles. The van der Waals surface area contributed by atoms with Crippen LogP contribution in [0.5, 0.6) is 5.88 Å². The molecule has 2 heterocycles. The highest BCUT2D eigenvalue weighted by atomic mass is 19.1. The lowest BCUT2D eigenvalue weighted by atomic mass is 10.0. The van der Waals surface area contributed by atoms with Gasteiger partial charge in [0.15, 0.2) is 0 Å². The number of aliphatic hydroxyl groups is 1. The van der Waals surface area contributed by atoms with Gasteiger partial charge in [-0.3, -0.25) is 9.69 Å². The fourth-order valence-electron chi connectivity index (χ4n) is 3.01. The molecule has 0 saturated heterocycles. The van der Waals surface area contributed by atoms with Crippen LogP contribution in [0.1, 0.15) is 28.5 Å². The highest BCUT2D eigenvalue weighted by Gasteiger charge is 2.32. The zero-order valence-corrected chi connectivity index (χ0v) is 15.2. The number of fused-ring (bicyclic) bond motifs is 1. The maximum Gasteiger partial charge on any atom is 0.412 e. The number of benzene rings is 1. The van der Waals surface area contributed by atoms with Gasteiger partial charge in [-0.15, -0.1) is 0 Å². The molecule has 0 radical (unpaired) electrons. The van der Waals surface area contributed by atoms with E-state index in [9.17, 15) is 19.1 Å². The number of nitrogens with zero attached hydrogens (tertiary/aromatic N) is 2. The minimum Gasteiger partial charge on any atom is -0.474 e. The fourth-order valence-corrected chi connectivity index (χ4v) is 3.01. The number of carboxylic acid groups (broad SMARTS) is 1. The average molecular weight is 389 g/mol. The molecule has 3 rings (SSSR count). The molecule has 1 unspecified atom stereocenters. The SMILES string of the molecule is CC1COc2nc(C(=O)NCCO)c(Cc3ccc(F)cc3)cc2N1C(=O)O. The molecule has 0 spiro atoms. The van der Waals surface area contributed by atoms with Gasteiger partial charge in [-0.2, -0.15) is 0 Å². The van der Waals surface area contributed by atoms with Crippen molar-refractivity contribution in [3.63, 3.8) is 0 Å². The van der Waals surface area contributed by atoms with Crippen LogP contribution in [0.2, 0.25) is 0 Å². The van der Waals surface area contributed by atoms with Gasteiger partial charge in [0.2, 0.25) is 5.88 Å². The number of pyridine rings is 1. The number of ether oxygens (including phenoxy) is 1. The molecule has 8 nitrogen and oxygen atoms in total. The number of carbonyl (C=O) groups excluding carboxylic acids is 1. The number of hydrogen-bond donors (Lipinski definition) is 3. The van der Waals surface area contributed by atoms with Gasteiger partial charge in [-0.05, 0) is 42.7 Å². The van der Waals surface area contributed by atoms with E-state index in [1.54, 1.807) is 25.1 Å². The van der Waals surface area contributed by atoms with Gasteiger partial charge in [0.05, 0.1) is 12.6 Å². The van der Waals surface area contributed by atoms with Crippen LogP contribution in [0.4, 0.5) is 14.9 Å². The Kier molecular flexibility index (Phi) is 5.74. The van der Waals surface area contributed by atoms with E-state index in [1.165, 1.54) is 12.1 Å². The van der Waals surface area contributed by atoms with Crippen LogP contribution in [0.15, 0.2) is 30.3 Å². The standard InChI is InChI=1S/C19H20FN3O5/c1-11-10-28-18-15(23(11)19(26)27)9-13(8-12-2-4-14(20)5-3-12)16(22-18)17(25)21-6-7-24/h2-5,9,11,24H,6-8,10H2,1H3,(H,21,25)(H,26,27). The average Bonchev–Trinajstić information content (AvgIpc) is 2.67. The van der Waals surface area contributed by atoms with Crippen LogP contribution in [-0.4, -0.2) is 53.0 Å². The number of carbonyl (C=O) groups is 2. The van der Waals surface area contributed by atoms with Crippen LogP contribution in [0, 0.1) is 5.82 Å². The third kappa shape index (κ3) is 4.04. The minimum atomic E-state index is -1.15. The second-order valence-corrected chi connectivity index (χ2v) is 6.42. The summed E-state index contributed by atoms with van der Waals surface area (Å²) >= 11 is 0. The maximum atomic E-state index is 13.2. The van der Waals surface area contributed by atoms with Gasteiger partial charge in [0.1, 0.15) is 23.8 Å². The van der Waals surface area contributed by atoms with Crippen LogP contribution >= 0.6 is 0 Å². The number of aromatic nitrogens is 1. The second kappa shape index (κ2) is 8.22. The highest BCUT2D eigenvalue weighted by Crippen LogP contribution is 2.35. The first kappa shape index (κ1) is 19.6. The molecule has 0 bridgehead atoms. The summed E-state index contributed by atoms with van der Waals surface area (Å²) in [5.74, 6) is -0.844. The Bertz CT molecular complexity index is 888. The lowest BCUT2D eigenvalue weighted by Gasteiger charge is -2.32. The molecule has 0 saturated carbocycles. The van der Waals surface area contributed by atoms with Crippen LogP contribution in [0.25, 0.3) is 0 Å². The number of nitrogens with one attached hydrogen (secondary N) is 1. The summed E-state index contributed by atoms with van der Waals surface area (Å²) in [6.07, 6.45) is -0.909. The first-order chi connectivity index (χ1) is 13.4. The molecule has 148 valence electrons. The summed E-state index contributed by atoms with van der Waals surface area (Å²) in [5.41, 5.74) is 1.51. The van der Waals surface area contributed by atoms with Gasteiger partial charge in [-0.25, -0.2) is 14.2 Å². The Morgan fingerprint density at radius 3 is 2.71 bits per heavy atom. The Morgan fingerprint density at radius 2 is 2.07 bits per heavy atom. The summed E-state index contributed by atoms with van der Waals surface area (Å²) < 4.78 is 18.7. The third-order valence-corrected chi connectivity index (χ3v) is 4.34. The Morgan fingerprint density at radius 1 is 1.36 bits per heavy atom. The van der Waals surface area contributed by atoms with Crippen molar-refractivity contribution in [2.45, 2.75) is 19.4 Å². The van der Waals surface area contributed by atoms with E-state index >= 15 is 0 Å². The first-order valence-electron chi connectivity index (χ1n) is 8.73. The number of amides is 2. The maximum absolute atomic E-state index is 13.2. The lowest BCUT2D eigenvalue weighted by Crippen LogP contribution is -2.45. The van der Waals surface area contributed by atoms with Crippen LogP contribution < -0.4 is 15.0 Å². The predicted octanol–water partition coefficient (Wildman–Crippen LogP) is 1.80. The van der Waals surface area contributed by atoms with Crippen molar-refractivity contribution in [1.29, 1.82) is 0 Å². The molecule has 1 aromatic heterocycles. The zero-order chi connectivity index (χ0) is 20.3. The number of hydrogen-bond acceptors (Lipinski definition) is 5. The van der Waals surface area contributed by atoms with E-state index in [1.807, 2.05) is 0 Å². The molecular weight excluding hydrogens is 369 g/mol. The third-order valence-electron chi connectivity index (χ3n) is 4.34. The summed E-state index contributed by atoms with van der Waals surface area (Å²) in [4.78, 5) is 29.6. The van der Waals surface area contributed by atoms with Crippen molar-refractivity contribution in [3.8, 4) is 5.88 Å². The molecule has 2 aromatic rings. The van der Waals surface area contributed by atoms with Crippen molar-refractivity contribution in [2.24, 2.45) is 0 Å². The molecule has 28 heavy (non-hydrogen) atoms. The predicted molar refractivity (Wildman–Crippen MR) is 98.3 cm³/mol. The number of rotatable bonds is 5. The normalized spacial score (nSPS) is 15.5. The quantitative estimate of drug-likeness (QED) is 0.719. The van der Waals surface area contributed by atoms with E-state index < -0.39 is 18.0 Å². The molecule has 1 aromatic carbocycles. The molecule has 1 atom stereocenters. The largest absolute Gasteiger partial charge is 0.474 e. The minimum absolute atomic E-state index is 0.0483. The molecule has 2 amide bonds. The number of aliphatic hydroxyl groups excluding tert-OH is 1. The van der Waals surface area contributed by atoms with E-state index in [2.05, 4.69) is 10.3 Å². The molecule has 0 aliphatic carbocycles. The van der Waals surface area contributed by atoms with E-state index in [0.29, 0.717) is 5.56 Å².